The highest BCUT2D eigenvalue weighted by Gasteiger charge is 2.02. The van der Waals surface area contributed by atoms with E-state index in [1.807, 2.05) is 6.07 Å². The summed E-state index contributed by atoms with van der Waals surface area (Å²) in [5.41, 5.74) is 1.42. The van der Waals surface area contributed by atoms with E-state index in [1.54, 1.807) is 6.07 Å². The quantitative estimate of drug-likeness (QED) is 0.702. The lowest BCUT2D eigenvalue weighted by Gasteiger charge is -2.00. The molecule has 1 rings (SSSR count). The van der Waals surface area contributed by atoms with Gasteiger partial charge in [0.2, 0.25) is 0 Å². The molecule has 12 heavy (non-hydrogen) atoms. The zero-order chi connectivity index (χ0) is 8.97. The largest absolute Gasteiger partial charge is 0.244 e. The summed E-state index contributed by atoms with van der Waals surface area (Å²) in [6, 6.07) is 3.84. The van der Waals surface area contributed by atoms with Gasteiger partial charge in [0.1, 0.15) is 11.8 Å². The lowest BCUT2D eigenvalue weighted by Crippen LogP contribution is -1.92. The van der Waals surface area contributed by atoms with Gasteiger partial charge >= 0.3 is 0 Å². The van der Waals surface area contributed by atoms with E-state index in [9.17, 15) is 0 Å². The second kappa shape index (κ2) is 4.08. The molecule has 0 aliphatic carbocycles. The average molecular weight is 181 g/mol. The van der Waals surface area contributed by atoms with E-state index in [1.165, 1.54) is 6.20 Å². The molecule has 0 aromatic carbocycles. The number of aromatic nitrogens is 1. The number of pyridine rings is 1. The van der Waals surface area contributed by atoms with Crippen molar-refractivity contribution in [1.29, 1.82) is 5.26 Å². The van der Waals surface area contributed by atoms with E-state index >= 15 is 0 Å². The fourth-order valence-corrected chi connectivity index (χ4v) is 1.22. The molecule has 0 radical (unpaired) electrons. The third kappa shape index (κ3) is 1.96. The van der Waals surface area contributed by atoms with Crippen LogP contribution in [0.3, 0.4) is 0 Å². The van der Waals surface area contributed by atoms with Gasteiger partial charge < -0.3 is 0 Å². The molecule has 3 heteroatoms. The summed E-state index contributed by atoms with van der Waals surface area (Å²) in [5.74, 6) is 0. The van der Waals surface area contributed by atoms with Crippen LogP contribution < -0.4 is 0 Å². The molecule has 0 atom stereocenters. The van der Waals surface area contributed by atoms with Crippen LogP contribution in [0.25, 0.3) is 0 Å². The lowest BCUT2D eigenvalue weighted by atomic mass is 10.1. The summed E-state index contributed by atoms with van der Waals surface area (Å²) in [4.78, 5) is 3.92. The minimum absolute atomic E-state index is 0.487. The van der Waals surface area contributed by atoms with Gasteiger partial charge in [0, 0.05) is 6.20 Å². The first-order valence-corrected chi connectivity index (χ1v) is 4.20. The molecule has 0 aliphatic rings. The molecule has 0 bridgehead atoms. The molecule has 0 saturated carbocycles. The van der Waals surface area contributed by atoms with Crippen LogP contribution in [-0.2, 0) is 6.42 Å². The van der Waals surface area contributed by atoms with E-state index in [0.717, 1.165) is 18.4 Å². The highest BCUT2D eigenvalue weighted by molar-refractivity contribution is 6.30. The van der Waals surface area contributed by atoms with Crippen molar-refractivity contribution in [1.82, 2.24) is 4.98 Å². The summed E-state index contributed by atoms with van der Waals surface area (Å²) in [6.07, 6.45) is 3.35. The number of nitrogens with zero attached hydrogens (tertiary/aromatic N) is 2. The molecule has 2 nitrogen and oxygen atoms in total. The minimum atomic E-state index is 0.487. The molecule has 1 aromatic heterocycles. The summed E-state index contributed by atoms with van der Waals surface area (Å²) < 4.78 is 0. The molecular formula is C9H9ClN2. The number of hydrogen-bond acceptors (Lipinski definition) is 2. The Balaban J connectivity index is 3.06. The first kappa shape index (κ1) is 9.02. The molecule has 1 heterocycles. The molecule has 0 saturated heterocycles. The Labute approximate surface area is 76.8 Å². The van der Waals surface area contributed by atoms with Crippen molar-refractivity contribution in [3.63, 3.8) is 0 Å². The monoisotopic (exact) mass is 180 g/mol. The Hall–Kier alpha value is -1.07. The zero-order valence-electron chi connectivity index (χ0n) is 6.84. The third-order valence-corrected chi connectivity index (χ3v) is 1.77. The van der Waals surface area contributed by atoms with E-state index < -0.39 is 0 Å². The highest BCUT2D eigenvalue weighted by Crippen LogP contribution is 2.13. The van der Waals surface area contributed by atoms with Gasteiger partial charge in [0.25, 0.3) is 0 Å². The molecule has 62 valence electrons. The smallest absolute Gasteiger partial charge is 0.143 e. The zero-order valence-corrected chi connectivity index (χ0v) is 7.60. The van der Waals surface area contributed by atoms with Gasteiger partial charge in [0.15, 0.2) is 0 Å². The van der Waals surface area contributed by atoms with Gasteiger partial charge in [-0.2, -0.15) is 5.26 Å². The molecule has 0 N–H and O–H groups in total. The van der Waals surface area contributed by atoms with Gasteiger partial charge in [-0.3, -0.25) is 0 Å². The number of nitriles is 1. The van der Waals surface area contributed by atoms with Crippen molar-refractivity contribution in [2.24, 2.45) is 0 Å². The van der Waals surface area contributed by atoms with Gasteiger partial charge in [-0.05, 0) is 18.1 Å². The SMILES string of the molecule is CCCc1cc(Cl)cnc1C#N. The van der Waals surface area contributed by atoms with Crippen LogP contribution >= 0.6 is 11.6 Å². The Bertz CT molecular complexity index is 315. The fourth-order valence-electron chi connectivity index (χ4n) is 1.04. The molecule has 0 fully saturated rings. The topological polar surface area (TPSA) is 36.7 Å². The van der Waals surface area contributed by atoms with Gasteiger partial charge in [-0.1, -0.05) is 24.9 Å². The number of halogens is 1. The summed E-state index contributed by atoms with van der Waals surface area (Å²) in [6.45, 7) is 2.06. The third-order valence-electron chi connectivity index (χ3n) is 1.56. The van der Waals surface area contributed by atoms with Crippen molar-refractivity contribution in [3.8, 4) is 6.07 Å². The highest BCUT2D eigenvalue weighted by atomic mass is 35.5. The van der Waals surface area contributed by atoms with Gasteiger partial charge in [-0.25, -0.2) is 4.98 Å². The summed E-state index contributed by atoms with van der Waals surface area (Å²) in [5, 5.41) is 9.28. The maximum absolute atomic E-state index is 8.68. The van der Waals surface area contributed by atoms with Crippen LogP contribution in [-0.4, -0.2) is 4.98 Å². The molecule has 0 unspecified atom stereocenters. The van der Waals surface area contributed by atoms with E-state index in [2.05, 4.69) is 11.9 Å². The lowest BCUT2D eigenvalue weighted by molar-refractivity contribution is 0.908. The van der Waals surface area contributed by atoms with E-state index in [0.29, 0.717) is 10.7 Å². The standard InChI is InChI=1S/C9H9ClN2/c1-2-3-7-4-8(10)6-12-9(7)5-11/h4,6H,2-3H2,1H3. The van der Waals surface area contributed by atoms with Crippen molar-refractivity contribution in [2.75, 3.05) is 0 Å². The van der Waals surface area contributed by atoms with Crippen molar-refractivity contribution in [2.45, 2.75) is 19.8 Å². The maximum Gasteiger partial charge on any atom is 0.143 e. The Morgan fingerprint density at radius 1 is 1.67 bits per heavy atom. The van der Waals surface area contributed by atoms with Crippen molar-refractivity contribution in [3.05, 3.63) is 28.5 Å². The number of rotatable bonds is 2. The predicted octanol–water partition coefficient (Wildman–Crippen LogP) is 2.56. The first-order valence-electron chi connectivity index (χ1n) is 3.82. The Morgan fingerprint density at radius 2 is 2.42 bits per heavy atom. The second-order valence-electron chi connectivity index (χ2n) is 2.52. The summed E-state index contributed by atoms with van der Waals surface area (Å²) >= 11 is 5.74. The van der Waals surface area contributed by atoms with Crippen LogP contribution in [0.15, 0.2) is 12.3 Å². The summed E-state index contributed by atoms with van der Waals surface area (Å²) in [7, 11) is 0. The van der Waals surface area contributed by atoms with Crippen molar-refractivity contribution < 1.29 is 0 Å². The van der Waals surface area contributed by atoms with Gasteiger partial charge in [0.05, 0.1) is 5.02 Å². The number of aryl methyl sites for hydroxylation is 1. The normalized spacial score (nSPS) is 9.42. The fraction of sp³-hybridized carbons (Fsp3) is 0.333. The predicted molar refractivity (Wildman–Crippen MR) is 48.0 cm³/mol. The van der Waals surface area contributed by atoms with Crippen LogP contribution in [0.5, 0.6) is 0 Å². The second-order valence-corrected chi connectivity index (χ2v) is 2.96. The molecule has 0 amide bonds. The Kier molecular flexibility index (Phi) is 3.07. The van der Waals surface area contributed by atoms with Crippen LogP contribution in [0, 0.1) is 11.3 Å². The first-order chi connectivity index (χ1) is 5.77. The molecular weight excluding hydrogens is 172 g/mol. The average Bonchev–Trinajstić information content (AvgIpc) is 2.05. The minimum Gasteiger partial charge on any atom is -0.244 e. The van der Waals surface area contributed by atoms with Crippen LogP contribution in [0.2, 0.25) is 5.02 Å². The Morgan fingerprint density at radius 3 is 3.00 bits per heavy atom. The number of hydrogen-bond donors (Lipinski definition) is 0. The van der Waals surface area contributed by atoms with Gasteiger partial charge in [-0.15, -0.1) is 0 Å². The maximum atomic E-state index is 8.68. The van der Waals surface area contributed by atoms with E-state index in [-0.39, 0.29) is 0 Å². The molecule has 0 aliphatic heterocycles. The molecule has 1 aromatic rings. The van der Waals surface area contributed by atoms with Crippen molar-refractivity contribution >= 4 is 11.6 Å². The van der Waals surface area contributed by atoms with Crippen LogP contribution in [0.1, 0.15) is 24.6 Å². The molecule has 0 spiro atoms. The van der Waals surface area contributed by atoms with Crippen LogP contribution in [0.4, 0.5) is 0 Å². The van der Waals surface area contributed by atoms with E-state index in [4.69, 9.17) is 16.9 Å².